The van der Waals surface area contributed by atoms with Crippen molar-refractivity contribution in [3.63, 3.8) is 0 Å². The third kappa shape index (κ3) is 3.27. The molecule has 0 saturated heterocycles. The van der Waals surface area contributed by atoms with Crippen LogP contribution in [0.4, 0.5) is 0 Å². The van der Waals surface area contributed by atoms with E-state index >= 15 is 0 Å². The first-order valence-corrected chi connectivity index (χ1v) is 9.62. The van der Waals surface area contributed by atoms with Gasteiger partial charge in [0.1, 0.15) is 5.75 Å². The van der Waals surface area contributed by atoms with Gasteiger partial charge >= 0.3 is 5.97 Å². The van der Waals surface area contributed by atoms with Gasteiger partial charge in [-0.2, -0.15) is 0 Å². The van der Waals surface area contributed by atoms with Crippen LogP contribution in [0.15, 0.2) is 72.8 Å². The van der Waals surface area contributed by atoms with E-state index in [1.165, 1.54) is 29.2 Å². The summed E-state index contributed by atoms with van der Waals surface area (Å²) < 4.78 is 5.54. The van der Waals surface area contributed by atoms with Gasteiger partial charge < -0.3 is 4.74 Å². The standard InChI is InChI=1S/C26H24O2/c1-18-7-11-22(12-8-18)26(23-13-9-19(2)10-14-23)16-15-21-5-4-6-25(24(21)17-26)28-20(3)27/h4-16H,17H2,1-3H3. The summed E-state index contributed by atoms with van der Waals surface area (Å²) in [4.78, 5) is 11.6. The Morgan fingerprint density at radius 2 is 1.43 bits per heavy atom. The molecule has 0 spiro atoms. The number of ether oxygens (including phenoxy) is 1. The smallest absolute Gasteiger partial charge is 0.308 e. The maximum Gasteiger partial charge on any atom is 0.308 e. The molecule has 2 nitrogen and oxygen atoms in total. The lowest BCUT2D eigenvalue weighted by atomic mass is 9.67. The number of rotatable bonds is 3. The van der Waals surface area contributed by atoms with E-state index in [1.54, 1.807) is 0 Å². The molecule has 2 heteroatoms. The van der Waals surface area contributed by atoms with Gasteiger partial charge in [0.05, 0.1) is 0 Å². The van der Waals surface area contributed by atoms with Crippen LogP contribution < -0.4 is 4.74 Å². The van der Waals surface area contributed by atoms with E-state index in [1.807, 2.05) is 12.1 Å². The minimum atomic E-state index is -0.301. The van der Waals surface area contributed by atoms with Crippen LogP contribution in [-0.2, 0) is 16.6 Å². The van der Waals surface area contributed by atoms with Crippen molar-refractivity contribution in [2.75, 3.05) is 0 Å². The highest BCUT2D eigenvalue weighted by atomic mass is 16.5. The molecule has 0 atom stereocenters. The van der Waals surface area contributed by atoms with Crippen LogP contribution in [0.5, 0.6) is 5.75 Å². The van der Waals surface area contributed by atoms with E-state index in [0.29, 0.717) is 5.75 Å². The Hall–Kier alpha value is -3.13. The van der Waals surface area contributed by atoms with Crippen LogP contribution in [0.25, 0.3) is 6.08 Å². The molecule has 1 aliphatic carbocycles. The number of carbonyl (C=O) groups is 1. The number of allylic oxidation sites excluding steroid dienone is 1. The largest absolute Gasteiger partial charge is 0.426 e. The van der Waals surface area contributed by atoms with E-state index in [4.69, 9.17) is 4.74 Å². The summed E-state index contributed by atoms with van der Waals surface area (Å²) in [6.45, 7) is 5.66. The molecule has 0 fully saturated rings. The van der Waals surface area contributed by atoms with Crippen molar-refractivity contribution in [3.05, 3.63) is 106 Å². The van der Waals surface area contributed by atoms with Gasteiger partial charge in [0.2, 0.25) is 0 Å². The lowest BCUT2D eigenvalue weighted by Gasteiger charge is -2.36. The average molecular weight is 368 g/mol. The lowest BCUT2D eigenvalue weighted by Crippen LogP contribution is -2.31. The number of carbonyl (C=O) groups excluding carboxylic acids is 1. The number of hydrogen-bond donors (Lipinski definition) is 0. The normalized spacial score (nSPS) is 14.4. The fourth-order valence-corrected chi connectivity index (χ4v) is 4.01. The van der Waals surface area contributed by atoms with Gasteiger partial charge in [-0.25, -0.2) is 0 Å². The summed E-state index contributed by atoms with van der Waals surface area (Å²) in [5, 5.41) is 0. The fraction of sp³-hybridized carbons (Fsp3) is 0.192. The van der Waals surface area contributed by atoms with Crippen molar-refractivity contribution < 1.29 is 9.53 Å². The molecule has 4 rings (SSSR count). The van der Waals surface area contributed by atoms with Crippen molar-refractivity contribution >= 4 is 12.0 Å². The summed E-state index contributed by atoms with van der Waals surface area (Å²) >= 11 is 0. The van der Waals surface area contributed by atoms with Gasteiger partial charge in [-0.1, -0.05) is 83.9 Å². The van der Waals surface area contributed by atoms with Crippen molar-refractivity contribution in [3.8, 4) is 5.75 Å². The summed E-state index contributed by atoms with van der Waals surface area (Å²) in [5.41, 5.74) is 6.83. The highest BCUT2D eigenvalue weighted by Crippen LogP contribution is 2.44. The number of aryl methyl sites for hydroxylation is 2. The van der Waals surface area contributed by atoms with Crippen molar-refractivity contribution in [2.45, 2.75) is 32.6 Å². The highest BCUT2D eigenvalue weighted by molar-refractivity contribution is 5.73. The minimum absolute atomic E-state index is 0.292. The predicted octanol–water partition coefficient (Wildman–Crippen LogP) is 5.78. The molecule has 0 saturated carbocycles. The quantitative estimate of drug-likeness (QED) is 0.432. The molecule has 140 valence electrons. The van der Waals surface area contributed by atoms with Crippen LogP contribution in [0.1, 0.15) is 40.3 Å². The van der Waals surface area contributed by atoms with E-state index in [9.17, 15) is 4.79 Å². The lowest BCUT2D eigenvalue weighted by molar-refractivity contribution is -0.131. The molecule has 0 N–H and O–H groups in total. The molecule has 28 heavy (non-hydrogen) atoms. The van der Waals surface area contributed by atoms with Crippen LogP contribution in [0, 0.1) is 13.8 Å². The van der Waals surface area contributed by atoms with Crippen LogP contribution in [-0.4, -0.2) is 5.97 Å². The molecule has 0 unspecified atom stereocenters. The van der Waals surface area contributed by atoms with Crippen molar-refractivity contribution in [1.29, 1.82) is 0 Å². The van der Waals surface area contributed by atoms with E-state index in [-0.39, 0.29) is 11.4 Å². The van der Waals surface area contributed by atoms with Gasteiger partial charge in [-0.3, -0.25) is 4.79 Å². The average Bonchev–Trinajstić information content (AvgIpc) is 2.69. The fourth-order valence-electron chi connectivity index (χ4n) is 4.01. The summed E-state index contributed by atoms with van der Waals surface area (Å²) in [7, 11) is 0. The Bertz CT molecular complexity index is 995. The van der Waals surface area contributed by atoms with Crippen molar-refractivity contribution in [2.24, 2.45) is 0 Å². The molecule has 3 aromatic rings. The van der Waals surface area contributed by atoms with Gasteiger partial charge in [-0.15, -0.1) is 0 Å². The molecular weight excluding hydrogens is 344 g/mol. The Labute approximate surface area is 166 Å². The molecule has 0 amide bonds. The SMILES string of the molecule is CC(=O)Oc1cccc2c1CC(c1ccc(C)cc1)(c1ccc(C)cc1)C=C2. The first kappa shape index (κ1) is 18.2. The topological polar surface area (TPSA) is 26.3 Å². The second-order valence-corrected chi connectivity index (χ2v) is 7.63. The van der Waals surface area contributed by atoms with Crippen LogP contribution in [0.3, 0.4) is 0 Å². The monoisotopic (exact) mass is 368 g/mol. The third-order valence-corrected chi connectivity index (χ3v) is 5.56. The molecule has 0 aliphatic heterocycles. The summed E-state index contributed by atoms with van der Waals surface area (Å²) in [6.07, 6.45) is 5.20. The van der Waals surface area contributed by atoms with Crippen LogP contribution in [0.2, 0.25) is 0 Å². The third-order valence-electron chi connectivity index (χ3n) is 5.56. The van der Waals surface area contributed by atoms with E-state index in [2.05, 4.69) is 80.6 Å². The van der Waals surface area contributed by atoms with Crippen LogP contribution >= 0.6 is 0 Å². The zero-order valence-electron chi connectivity index (χ0n) is 16.5. The molecule has 0 aromatic heterocycles. The second kappa shape index (κ2) is 7.12. The zero-order valence-corrected chi connectivity index (χ0v) is 16.5. The van der Waals surface area contributed by atoms with Gasteiger partial charge in [0.15, 0.2) is 0 Å². The molecule has 0 radical (unpaired) electrons. The van der Waals surface area contributed by atoms with Gasteiger partial charge in [0.25, 0.3) is 0 Å². The number of hydrogen-bond acceptors (Lipinski definition) is 2. The highest BCUT2D eigenvalue weighted by Gasteiger charge is 2.36. The molecule has 3 aromatic carbocycles. The Balaban J connectivity index is 1.90. The van der Waals surface area contributed by atoms with E-state index in [0.717, 1.165) is 17.5 Å². The number of esters is 1. The molecule has 0 heterocycles. The summed E-state index contributed by atoms with van der Waals surface area (Å²) in [6, 6.07) is 23.4. The molecule has 1 aliphatic rings. The van der Waals surface area contributed by atoms with Crippen molar-refractivity contribution in [1.82, 2.24) is 0 Å². The van der Waals surface area contributed by atoms with Gasteiger partial charge in [0, 0.05) is 17.9 Å². The zero-order chi connectivity index (χ0) is 19.7. The second-order valence-electron chi connectivity index (χ2n) is 7.63. The Kier molecular flexibility index (Phi) is 4.64. The predicted molar refractivity (Wildman–Crippen MR) is 114 cm³/mol. The molecule has 0 bridgehead atoms. The maximum absolute atomic E-state index is 11.6. The first-order valence-electron chi connectivity index (χ1n) is 9.62. The molecular formula is C26H24O2. The number of fused-ring (bicyclic) bond motifs is 1. The Morgan fingerprint density at radius 1 is 0.857 bits per heavy atom. The van der Waals surface area contributed by atoms with E-state index < -0.39 is 0 Å². The maximum atomic E-state index is 11.6. The van der Waals surface area contributed by atoms with Gasteiger partial charge in [-0.05, 0) is 43.0 Å². The first-order chi connectivity index (χ1) is 13.5. The minimum Gasteiger partial charge on any atom is -0.426 e. The number of benzene rings is 3. The Morgan fingerprint density at radius 3 is 1.96 bits per heavy atom. The summed E-state index contributed by atoms with van der Waals surface area (Å²) in [5.74, 6) is 0.358.